The summed E-state index contributed by atoms with van der Waals surface area (Å²) in [6.45, 7) is 5.41. The number of nitrogens with zero attached hydrogens (tertiary/aromatic N) is 4. The van der Waals surface area contributed by atoms with E-state index in [0.717, 1.165) is 17.8 Å². The number of pyridine rings is 1. The van der Waals surface area contributed by atoms with Crippen molar-refractivity contribution in [1.29, 1.82) is 0 Å². The van der Waals surface area contributed by atoms with Crippen molar-refractivity contribution in [3.8, 4) is 11.3 Å². The molecule has 2 aromatic heterocycles. The molecule has 140 valence electrons. The number of β-amino-alcohol motifs (C(OH)–C–C–N with tert-alkyl or cyclic N) is 1. The summed E-state index contributed by atoms with van der Waals surface area (Å²) in [7, 11) is 0. The smallest absolute Gasteiger partial charge is 0.244 e. The molecule has 0 amide bonds. The molecule has 3 heterocycles. The van der Waals surface area contributed by atoms with E-state index in [1.165, 1.54) is 5.56 Å². The number of aromatic nitrogens is 3. The molecule has 2 atom stereocenters. The zero-order valence-corrected chi connectivity index (χ0v) is 15.6. The zero-order valence-electron chi connectivity index (χ0n) is 15.6. The van der Waals surface area contributed by atoms with Crippen molar-refractivity contribution in [2.75, 3.05) is 6.54 Å². The Morgan fingerprint density at radius 1 is 1.19 bits per heavy atom. The van der Waals surface area contributed by atoms with Crippen LogP contribution in [-0.4, -0.2) is 37.8 Å². The average molecular weight is 364 g/mol. The summed E-state index contributed by atoms with van der Waals surface area (Å²) in [6.07, 6.45) is 2.04. The van der Waals surface area contributed by atoms with Crippen LogP contribution in [0.1, 0.15) is 49.5 Å². The van der Waals surface area contributed by atoms with Crippen molar-refractivity contribution < 1.29 is 9.63 Å². The van der Waals surface area contributed by atoms with Crippen molar-refractivity contribution >= 4 is 0 Å². The molecule has 4 rings (SSSR count). The minimum Gasteiger partial charge on any atom is -0.392 e. The van der Waals surface area contributed by atoms with Crippen LogP contribution in [0.2, 0.25) is 0 Å². The van der Waals surface area contributed by atoms with Crippen molar-refractivity contribution in [2.24, 2.45) is 0 Å². The average Bonchev–Trinajstić information content (AvgIpc) is 3.30. The summed E-state index contributed by atoms with van der Waals surface area (Å²) in [5.41, 5.74) is 3.24. The topological polar surface area (TPSA) is 75.3 Å². The second kappa shape index (κ2) is 7.58. The second-order valence-electron chi connectivity index (χ2n) is 7.39. The van der Waals surface area contributed by atoms with Gasteiger partial charge in [0.1, 0.15) is 0 Å². The highest BCUT2D eigenvalue weighted by molar-refractivity contribution is 5.58. The number of aliphatic hydroxyl groups is 1. The lowest BCUT2D eigenvalue weighted by Gasteiger charge is -2.21. The van der Waals surface area contributed by atoms with Gasteiger partial charge >= 0.3 is 0 Å². The first kappa shape index (κ1) is 17.8. The predicted molar refractivity (Wildman–Crippen MR) is 102 cm³/mol. The van der Waals surface area contributed by atoms with Gasteiger partial charge in [-0.05, 0) is 24.1 Å². The Balaban J connectivity index is 1.50. The van der Waals surface area contributed by atoms with Crippen LogP contribution in [-0.2, 0) is 6.54 Å². The van der Waals surface area contributed by atoms with E-state index in [2.05, 4.69) is 44.3 Å². The van der Waals surface area contributed by atoms with Crippen LogP contribution < -0.4 is 0 Å². The predicted octanol–water partition coefficient (Wildman–Crippen LogP) is 3.56. The van der Waals surface area contributed by atoms with Crippen LogP contribution in [0, 0.1) is 0 Å². The Hall–Kier alpha value is -2.57. The molecule has 27 heavy (non-hydrogen) atoms. The standard InChI is InChI=1S/C21H24N4O2/c1-14(2)20-23-21(27-24-20)19-11-17(26)13-25(19)12-15-6-8-16(9-7-15)18-5-3-4-10-22-18/h3-10,14,17,19,26H,11-13H2,1-2H3/t17-,19+/m1/s1. The second-order valence-corrected chi connectivity index (χ2v) is 7.39. The minimum absolute atomic E-state index is 0.0459. The maximum atomic E-state index is 10.2. The van der Waals surface area contributed by atoms with Crippen molar-refractivity contribution in [2.45, 2.75) is 44.9 Å². The molecule has 1 aliphatic heterocycles. The van der Waals surface area contributed by atoms with E-state index in [1.807, 2.05) is 32.0 Å². The molecule has 1 saturated heterocycles. The monoisotopic (exact) mass is 364 g/mol. The van der Waals surface area contributed by atoms with E-state index in [9.17, 15) is 5.11 Å². The van der Waals surface area contributed by atoms with Gasteiger partial charge < -0.3 is 9.63 Å². The lowest BCUT2D eigenvalue weighted by atomic mass is 10.1. The third kappa shape index (κ3) is 3.91. The number of rotatable bonds is 5. The van der Waals surface area contributed by atoms with Gasteiger partial charge in [-0.3, -0.25) is 9.88 Å². The zero-order chi connectivity index (χ0) is 18.8. The quantitative estimate of drug-likeness (QED) is 0.746. The Morgan fingerprint density at radius 3 is 2.67 bits per heavy atom. The molecular weight excluding hydrogens is 340 g/mol. The van der Waals surface area contributed by atoms with Gasteiger partial charge in [-0.25, -0.2) is 0 Å². The molecule has 0 aliphatic carbocycles. The first-order chi connectivity index (χ1) is 13.1. The van der Waals surface area contributed by atoms with Gasteiger partial charge in [-0.2, -0.15) is 4.98 Å². The van der Waals surface area contributed by atoms with E-state index in [4.69, 9.17) is 4.52 Å². The van der Waals surface area contributed by atoms with Crippen LogP contribution >= 0.6 is 0 Å². The number of hydrogen-bond acceptors (Lipinski definition) is 6. The van der Waals surface area contributed by atoms with Gasteiger partial charge in [0.05, 0.1) is 17.8 Å². The van der Waals surface area contributed by atoms with E-state index in [1.54, 1.807) is 6.20 Å². The summed E-state index contributed by atoms with van der Waals surface area (Å²) in [5, 5.41) is 14.2. The highest BCUT2D eigenvalue weighted by Gasteiger charge is 2.36. The van der Waals surface area contributed by atoms with Crippen molar-refractivity contribution in [1.82, 2.24) is 20.0 Å². The maximum absolute atomic E-state index is 10.2. The molecule has 6 nitrogen and oxygen atoms in total. The SMILES string of the molecule is CC(C)c1noc([C@@H]2C[C@@H](O)CN2Cc2ccc(-c3ccccn3)cc2)n1. The molecule has 0 unspecified atom stereocenters. The fourth-order valence-electron chi connectivity index (χ4n) is 3.48. The molecule has 6 heteroatoms. The van der Waals surface area contributed by atoms with Crippen LogP contribution in [0.25, 0.3) is 11.3 Å². The third-order valence-electron chi connectivity index (χ3n) is 4.94. The molecule has 0 saturated carbocycles. The van der Waals surface area contributed by atoms with E-state index < -0.39 is 0 Å². The number of hydrogen-bond donors (Lipinski definition) is 1. The molecular formula is C21H24N4O2. The molecule has 1 aromatic carbocycles. The summed E-state index contributed by atoms with van der Waals surface area (Å²) >= 11 is 0. The van der Waals surface area contributed by atoms with E-state index >= 15 is 0 Å². The number of aliphatic hydroxyl groups excluding tert-OH is 1. The van der Waals surface area contributed by atoms with Gasteiger partial charge in [0.2, 0.25) is 5.89 Å². The largest absolute Gasteiger partial charge is 0.392 e. The highest BCUT2D eigenvalue weighted by atomic mass is 16.5. The van der Waals surface area contributed by atoms with Crippen LogP contribution in [0.15, 0.2) is 53.2 Å². The van der Waals surface area contributed by atoms with Crippen LogP contribution in [0.5, 0.6) is 0 Å². The normalized spacial score (nSPS) is 20.4. The number of likely N-dealkylation sites (tertiary alicyclic amines) is 1. The highest BCUT2D eigenvalue weighted by Crippen LogP contribution is 2.33. The molecule has 0 bridgehead atoms. The molecule has 0 radical (unpaired) electrons. The van der Waals surface area contributed by atoms with Crippen LogP contribution in [0.4, 0.5) is 0 Å². The third-order valence-corrected chi connectivity index (χ3v) is 4.94. The van der Waals surface area contributed by atoms with Gasteiger partial charge in [0.25, 0.3) is 0 Å². The summed E-state index contributed by atoms with van der Waals surface area (Å²) < 4.78 is 5.48. The first-order valence-electron chi connectivity index (χ1n) is 9.36. The first-order valence-corrected chi connectivity index (χ1v) is 9.36. The fraction of sp³-hybridized carbons (Fsp3) is 0.381. The summed E-state index contributed by atoms with van der Waals surface area (Å²) in [6, 6.07) is 14.3. The molecule has 1 fully saturated rings. The molecule has 0 spiro atoms. The fourth-order valence-corrected chi connectivity index (χ4v) is 3.48. The van der Waals surface area contributed by atoms with Crippen molar-refractivity contribution in [3.63, 3.8) is 0 Å². The van der Waals surface area contributed by atoms with Gasteiger partial charge in [0, 0.05) is 30.8 Å². The molecule has 1 aliphatic rings. The molecule has 1 N–H and O–H groups in total. The lowest BCUT2D eigenvalue weighted by Crippen LogP contribution is -2.24. The molecule has 3 aromatic rings. The van der Waals surface area contributed by atoms with E-state index in [0.29, 0.717) is 24.7 Å². The number of benzene rings is 1. The van der Waals surface area contributed by atoms with Gasteiger partial charge in [-0.1, -0.05) is 49.3 Å². The summed E-state index contributed by atoms with van der Waals surface area (Å²) in [4.78, 5) is 11.1. The van der Waals surface area contributed by atoms with Gasteiger partial charge in [-0.15, -0.1) is 0 Å². The van der Waals surface area contributed by atoms with Crippen molar-refractivity contribution in [3.05, 3.63) is 65.9 Å². The Labute approximate surface area is 158 Å². The van der Waals surface area contributed by atoms with Gasteiger partial charge in [0.15, 0.2) is 5.82 Å². The Morgan fingerprint density at radius 2 is 2.00 bits per heavy atom. The lowest BCUT2D eigenvalue weighted by molar-refractivity contribution is 0.169. The van der Waals surface area contributed by atoms with Crippen LogP contribution in [0.3, 0.4) is 0 Å². The minimum atomic E-state index is -0.378. The summed E-state index contributed by atoms with van der Waals surface area (Å²) in [5.74, 6) is 1.54. The maximum Gasteiger partial charge on any atom is 0.244 e. The Kier molecular flexibility index (Phi) is 5.01. The van der Waals surface area contributed by atoms with E-state index in [-0.39, 0.29) is 18.1 Å². The Bertz CT molecular complexity index is 877.